The molecule has 1 aliphatic rings. The summed E-state index contributed by atoms with van der Waals surface area (Å²) in [6, 6.07) is -0.832. The zero-order valence-corrected chi connectivity index (χ0v) is 12.8. The third-order valence-electron chi connectivity index (χ3n) is 3.74. The number of hydrogen-bond acceptors (Lipinski definition) is 4. The van der Waals surface area contributed by atoms with Crippen molar-refractivity contribution in [3.05, 3.63) is 0 Å². The number of urea groups is 1. The first-order chi connectivity index (χ1) is 9.46. The van der Waals surface area contributed by atoms with Gasteiger partial charge in [0.1, 0.15) is 5.92 Å². The van der Waals surface area contributed by atoms with Crippen molar-refractivity contribution < 1.29 is 14.4 Å². The topological polar surface area (TPSA) is 69.7 Å². The molecule has 0 radical (unpaired) electrons. The molecule has 1 rings (SSSR count). The van der Waals surface area contributed by atoms with Gasteiger partial charge in [0.15, 0.2) is 0 Å². The molecule has 20 heavy (non-hydrogen) atoms. The van der Waals surface area contributed by atoms with Crippen LogP contribution in [0, 0.1) is 5.92 Å². The largest absolute Gasteiger partial charge is 0.331 e. The first-order valence-corrected chi connectivity index (χ1v) is 7.36. The van der Waals surface area contributed by atoms with E-state index in [9.17, 15) is 14.4 Å². The van der Waals surface area contributed by atoms with E-state index >= 15 is 0 Å². The third kappa shape index (κ3) is 3.56. The molecular formula is C14H25N3O3. The lowest BCUT2D eigenvalue weighted by Gasteiger charge is -2.36. The molecule has 0 aliphatic carbocycles. The average Bonchev–Trinajstić information content (AvgIpc) is 2.40. The van der Waals surface area contributed by atoms with Crippen molar-refractivity contribution >= 4 is 17.8 Å². The van der Waals surface area contributed by atoms with Gasteiger partial charge in [0.05, 0.1) is 6.04 Å². The second-order valence-corrected chi connectivity index (χ2v) is 5.18. The summed E-state index contributed by atoms with van der Waals surface area (Å²) >= 11 is 0. The number of rotatable bonds is 7. The highest BCUT2D eigenvalue weighted by molar-refractivity contribution is 6.16. The van der Waals surface area contributed by atoms with Gasteiger partial charge in [-0.15, -0.1) is 0 Å². The zero-order valence-electron chi connectivity index (χ0n) is 12.8. The van der Waals surface area contributed by atoms with Crippen LogP contribution in [0.3, 0.4) is 0 Å². The van der Waals surface area contributed by atoms with Crippen molar-refractivity contribution in [3.8, 4) is 0 Å². The van der Waals surface area contributed by atoms with Crippen LogP contribution in [0.4, 0.5) is 4.79 Å². The van der Waals surface area contributed by atoms with Crippen LogP contribution in [0.15, 0.2) is 0 Å². The van der Waals surface area contributed by atoms with E-state index in [2.05, 4.69) is 10.2 Å². The SMILES string of the molecule is CCCC1C(=O)NC(=O)N(C(C)CN(CC)CC)C1=O. The van der Waals surface area contributed by atoms with Crippen molar-refractivity contribution in [1.29, 1.82) is 0 Å². The number of nitrogens with one attached hydrogen (secondary N) is 1. The van der Waals surface area contributed by atoms with Gasteiger partial charge in [-0.1, -0.05) is 27.2 Å². The van der Waals surface area contributed by atoms with E-state index in [1.807, 2.05) is 27.7 Å². The van der Waals surface area contributed by atoms with Crippen LogP contribution in [-0.4, -0.2) is 53.3 Å². The van der Waals surface area contributed by atoms with Crippen molar-refractivity contribution in [3.63, 3.8) is 0 Å². The lowest BCUT2D eigenvalue weighted by Crippen LogP contribution is -2.61. The van der Waals surface area contributed by atoms with Gasteiger partial charge in [0.2, 0.25) is 11.8 Å². The van der Waals surface area contributed by atoms with E-state index in [0.29, 0.717) is 13.0 Å². The fourth-order valence-corrected chi connectivity index (χ4v) is 2.53. The Hall–Kier alpha value is -1.43. The molecule has 1 heterocycles. The van der Waals surface area contributed by atoms with Crippen LogP contribution in [-0.2, 0) is 9.59 Å². The van der Waals surface area contributed by atoms with Crippen molar-refractivity contribution in [2.75, 3.05) is 19.6 Å². The number of amides is 4. The predicted molar refractivity (Wildman–Crippen MR) is 76.0 cm³/mol. The highest BCUT2D eigenvalue weighted by atomic mass is 16.2. The molecule has 1 fully saturated rings. The number of hydrogen-bond donors (Lipinski definition) is 1. The van der Waals surface area contributed by atoms with E-state index in [0.717, 1.165) is 19.5 Å². The Morgan fingerprint density at radius 1 is 1.20 bits per heavy atom. The fourth-order valence-electron chi connectivity index (χ4n) is 2.53. The number of likely N-dealkylation sites (N-methyl/N-ethyl adjacent to an activating group) is 1. The highest BCUT2D eigenvalue weighted by Gasteiger charge is 2.41. The lowest BCUT2D eigenvalue weighted by atomic mass is 9.98. The van der Waals surface area contributed by atoms with Crippen LogP contribution in [0.5, 0.6) is 0 Å². The second kappa shape index (κ2) is 7.38. The Morgan fingerprint density at radius 3 is 2.30 bits per heavy atom. The lowest BCUT2D eigenvalue weighted by molar-refractivity contribution is -0.144. The first-order valence-electron chi connectivity index (χ1n) is 7.36. The van der Waals surface area contributed by atoms with Crippen LogP contribution >= 0.6 is 0 Å². The maximum absolute atomic E-state index is 12.4. The van der Waals surface area contributed by atoms with Gasteiger partial charge in [0.25, 0.3) is 0 Å². The molecule has 0 aromatic heterocycles. The summed E-state index contributed by atoms with van der Waals surface area (Å²) < 4.78 is 0. The highest BCUT2D eigenvalue weighted by Crippen LogP contribution is 2.18. The minimum absolute atomic E-state index is 0.241. The summed E-state index contributed by atoms with van der Waals surface area (Å²) in [4.78, 5) is 39.4. The maximum atomic E-state index is 12.4. The molecule has 0 saturated carbocycles. The molecule has 0 aromatic carbocycles. The molecular weight excluding hydrogens is 258 g/mol. The normalized spacial score (nSPS) is 21.4. The van der Waals surface area contributed by atoms with Gasteiger partial charge in [-0.3, -0.25) is 19.8 Å². The van der Waals surface area contributed by atoms with Crippen LogP contribution in [0.2, 0.25) is 0 Å². The van der Waals surface area contributed by atoms with E-state index < -0.39 is 17.9 Å². The molecule has 6 nitrogen and oxygen atoms in total. The second-order valence-electron chi connectivity index (χ2n) is 5.18. The molecule has 2 atom stereocenters. The molecule has 1 aliphatic heterocycles. The Morgan fingerprint density at radius 2 is 1.80 bits per heavy atom. The maximum Gasteiger partial charge on any atom is 0.331 e. The molecule has 0 spiro atoms. The van der Waals surface area contributed by atoms with Gasteiger partial charge in [-0.25, -0.2) is 4.79 Å². The molecule has 2 unspecified atom stereocenters. The standard InChI is InChI=1S/C14H25N3O3/c1-5-8-11-12(18)15-14(20)17(13(11)19)10(4)9-16(6-2)7-3/h10-11H,5-9H2,1-4H3,(H,15,18,20). The smallest absolute Gasteiger partial charge is 0.302 e. The van der Waals surface area contributed by atoms with E-state index in [-0.39, 0.29) is 11.9 Å². The van der Waals surface area contributed by atoms with E-state index in [1.165, 1.54) is 4.90 Å². The van der Waals surface area contributed by atoms with E-state index in [1.54, 1.807) is 0 Å². The summed E-state index contributed by atoms with van der Waals surface area (Å²) in [6.07, 6.45) is 1.21. The van der Waals surface area contributed by atoms with Crippen LogP contribution in [0.25, 0.3) is 0 Å². The summed E-state index contributed by atoms with van der Waals surface area (Å²) in [5, 5.41) is 2.29. The number of carbonyl (C=O) groups excluding carboxylic acids is 3. The number of carbonyl (C=O) groups is 3. The minimum Gasteiger partial charge on any atom is -0.302 e. The van der Waals surface area contributed by atoms with Gasteiger partial charge in [0, 0.05) is 6.54 Å². The van der Waals surface area contributed by atoms with Crippen LogP contribution < -0.4 is 5.32 Å². The predicted octanol–water partition coefficient (Wildman–Crippen LogP) is 1.21. The monoisotopic (exact) mass is 283 g/mol. The molecule has 0 aromatic rings. The van der Waals surface area contributed by atoms with Gasteiger partial charge >= 0.3 is 6.03 Å². The van der Waals surface area contributed by atoms with Crippen molar-refractivity contribution in [2.24, 2.45) is 5.92 Å². The fraction of sp³-hybridized carbons (Fsp3) is 0.786. The summed E-state index contributed by atoms with van der Waals surface area (Å²) in [5.41, 5.74) is 0. The molecule has 0 bridgehead atoms. The minimum atomic E-state index is -0.725. The Bertz CT molecular complexity index is 380. The number of nitrogens with zero attached hydrogens (tertiary/aromatic N) is 2. The summed E-state index contributed by atoms with van der Waals surface area (Å²) in [5.74, 6) is -1.55. The average molecular weight is 283 g/mol. The van der Waals surface area contributed by atoms with E-state index in [4.69, 9.17) is 0 Å². The van der Waals surface area contributed by atoms with Crippen molar-refractivity contribution in [1.82, 2.24) is 15.1 Å². The molecule has 114 valence electrons. The Labute approximate surface area is 120 Å². The Kier molecular flexibility index (Phi) is 6.13. The van der Waals surface area contributed by atoms with Gasteiger partial charge < -0.3 is 4.90 Å². The summed E-state index contributed by atoms with van der Waals surface area (Å²) in [7, 11) is 0. The molecule has 6 heteroatoms. The third-order valence-corrected chi connectivity index (χ3v) is 3.74. The number of barbiturate groups is 1. The molecule has 1 N–H and O–H groups in total. The zero-order chi connectivity index (χ0) is 15.3. The quantitative estimate of drug-likeness (QED) is 0.713. The van der Waals surface area contributed by atoms with Gasteiger partial charge in [-0.05, 0) is 26.4 Å². The molecule has 4 amide bonds. The van der Waals surface area contributed by atoms with Crippen molar-refractivity contribution in [2.45, 2.75) is 46.6 Å². The van der Waals surface area contributed by atoms with Gasteiger partial charge in [-0.2, -0.15) is 0 Å². The molecule has 1 saturated heterocycles. The number of imide groups is 2. The van der Waals surface area contributed by atoms with Crippen LogP contribution in [0.1, 0.15) is 40.5 Å². The Balaban J connectivity index is 2.83. The summed E-state index contributed by atoms with van der Waals surface area (Å²) in [6.45, 7) is 10.2. The first kappa shape index (κ1) is 16.6.